The predicted octanol–water partition coefficient (Wildman–Crippen LogP) is 2.70. The molecule has 2 rings (SSSR count). The van der Waals surface area contributed by atoms with Crippen molar-refractivity contribution in [3.63, 3.8) is 0 Å². The summed E-state index contributed by atoms with van der Waals surface area (Å²) >= 11 is 5.83. The second-order valence-electron chi connectivity index (χ2n) is 5.56. The molecule has 0 bridgehead atoms. The van der Waals surface area contributed by atoms with E-state index in [1.54, 1.807) is 24.3 Å². The molecule has 0 atom stereocenters. The molecule has 0 aromatic heterocycles. The van der Waals surface area contributed by atoms with Crippen LogP contribution in [0, 0.1) is 0 Å². The van der Waals surface area contributed by atoms with Gasteiger partial charge >= 0.3 is 0 Å². The van der Waals surface area contributed by atoms with Crippen LogP contribution >= 0.6 is 11.6 Å². The molecule has 0 radical (unpaired) electrons. The normalized spacial score (nSPS) is 16.6. The minimum atomic E-state index is -3.47. The Hall–Kier alpha value is -1.07. The first-order valence-corrected chi connectivity index (χ1v) is 9.39. The molecular formula is C15H20ClNO3S. The van der Waals surface area contributed by atoms with Gasteiger partial charge in [0.15, 0.2) is 9.84 Å². The van der Waals surface area contributed by atoms with Gasteiger partial charge in [0.1, 0.15) is 5.75 Å². The van der Waals surface area contributed by atoms with Crippen LogP contribution in [-0.4, -0.2) is 26.1 Å². The SMILES string of the molecule is O=C(CS(=O)(=O)Cc1cccc(Cl)c1)NC1CCCCC1. The number of sulfone groups is 1. The average molecular weight is 330 g/mol. The molecule has 1 aliphatic carbocycles. The Kier molecular flexibility index (Phi) is 5.65. The summed E-state index contributed by atoms with van der Waals surface area (Å²) in [5, 5.41) is 3.32. The molecule has 0 heterocycles. The standard InChI is InChI=1S/C15H20ClNO3S/c16-13-6-4-5-12(9-13)10-21(19,20)11-15(18)17-14-7-2-1-3-8-14/h4-6,9,14H,1-3,7-8,10-11H2,(H,17,18). The van der Waals surface area contributed by atoms with Gasteiger partial charge in [-0.1, -0.05) is 43.0 Å². The number of halogens is 1. The smallest absolute Gasteiger partial charge is 0.235 e. The Bertz CT molecular complexity index is 595. The number of carbonyl (C=O) groups is 1. The van der Waals surface area contributed by atoms with Crippen molar-refractivity contribution in [1.82, 2.24) is 5.32 Å². The highest BCUT2D eigenvalue weighted by Gasteiger charge is 2.21. The van der Waals surface area contributed by atoms with Crippen LogP contribution in [0.15, 0.2) is 24.3 Å². The Morgan fingerprint density at radius 1 is 1.24 bits per heavy atom. The predicted molar refractivity (Wildman–Crippen MR) is 84.0 cm³/mol. The van der Waals surface area contributed by atoms with Crippen molar-refractivity contribution in [2.24, 2.45) is 0 Å². The summed E-state index contributed by atoms with van der Waals surface area (Å²) < 4.78 is 24.1. The number of hydrogen-bond donors (Lipinski definition) is 1. The van der Waals surface area contributed by atoms with E-state index in [0.717, 1.165) is 25.7 Å². The maximum atomic E-state index is 12.1. The fourth-order valence-electron chi connectivity index (χ4n) is 2.65. The lowest BCUT2D eigenvalue weighted by Gasteiger charge is -2.22. The van der Waals surface area contributed by atoms with E-state index in [4.69, 9.17) is 11.6 Å². The lowest BCUT2D eigenvalue weighted by molar-refractivity contribution is -0.119. The number of rotatable bonds is 5. The largest absolute Gasteiger partial charge is 0.352 e. The van der Waals surface area contributed by atoms with Gasteiger partial charge in [0.05, 0.1) is 5.75 Å². The molecule has 0 spiro atoms. The van der Waals surface area contributed by atoms with Gasteiger partial charge in [-0.05, 0) is 30.5 Å². The highest BCUT2D eigenvalue weighted by molar-refractivity contribution is 7.91. The minimum absolute atomic E-state index is 0.132. The fraction of sp³-hybridized carbons (Fsp3) is 0.533. The second kappa shape index (κ2) is 7.27. The van der Waals surface area contributed by atoms with Gasteiger partial charge in [-0.2, -0.15) is 0 Å². The van der Waals surface area contributed by atoms with Crippen molar-refractivity contribution >= 4 is 27.3 Å². The van der Waals surface area contributed by atoms with Crippen molar-refractivity contribution in [3.05, 3.63) is 34.9 Å². The molecule has 0 aliphatic heterocycles. The second-order valence-corrected chi connectivity index (χ2v) is 8.07. The van der Waals surface area contributed by atoms with Crippen LogP contribution in [0.1, 0.15) is 37.7 Å². The van der Waals surface area contributed by atoms with E-state index < -0.39 is 21.5 Å². The molecule has 1 fully saturated rings. The molecule has 6 heteroatoms. The zero-order valence-electron chi connectivity index (χ0n) is 11.8. The van der Waals surface area contributed by atoms with Gasteiger partial charge in [-0.3, -0.25) is 4.79 Å². The number of hydrogen-bond acceptors (Lipinski definition) is 3. The first-order valence-electron chi connectivity index (χ1n) is 7.19. The number of benzene rings is 1. The molecule has 116 valence electrons. The van der Waals surface area contributed by atoms with Crippen LogP contribution in [0.25, 0.3) is 0 Å². The number of amides is 1. The lowest BCUT2D eigenvalue weighted by atomic mass is 9.95. The van der Waals surface area contributed by atoms with E-state index >= 15 is 0 Å². The van der Waals surface area contributed by atoms with Crippen molar-refractivity contribution in [1.29, 1.82) is 0 Å². The van der Waals surface area contributed by atoms with Gasteiger partial charge in [0, 0.05) is 11.1 Å². The summed E-state index contributed by atoms with van der Waals surface area (Å²) in [5.41, 5.74) is 0.605. The van der Waals surface area contributed by atoms with Crippen molar-refractivity contribution in [2.75, 3.05) is 5.75 Å². The summed E-state index contributed by atoms with van der Waals surface area (Å²) in [6, 6.07) is 6.83. The molecule has 0 saturated heterocycles. The first-order chi connectivity index (χ1) is 9.94. The van der Waals surface area contributed by atoms with Crippen molar-refractivity contribution in [2.45, 2.75) is 43.9 Å². The minimum Gasteiger partial charge on any atom is -0.352 e. The summed E-state index contributed by atoms with van der Waals surface area (Å²) in [6.07, 6.45) is 5.28. The Morgan fingerprint density at radius 2 is 1.95 bits per heavy atom. The summed E-state index contributed by atoms with van der Waals surface area (Å²) in [6.45, 7) is 0. The van der Waals surface area contributed by atoms with Gasteiger partial charge in [-0.15, -0.1) is 0 Å². The molecule has 1 aliphatic rings. The van der Waals surface area contributed by atoms with Gasteiger partial charge in [-0.25, -0.2) is 8.42 Å². The van der Waals surface area contributed by atoms with E-state index in [1.165, 1.54) is 6.42 Å². The molecule has 1 aromatic rings. The molecule has 21 heavy (non-hydrogen) atoms. The third-order valence-electron chi connectivity index (χ3n) is 3.60. The van der Waals surface area contributed by atoms with Crippen LogP contribution in [0.4, 0.5) is 0 Å². The Morgan fingerprint density at radius 3 is 2.62 bits per heavy atom. The Labute approximate surface area is 130 Å². The Balaban J connectivity index is 1.89. The maximum absolute atomic E-state index is 12.1. The van der Waals surface area contributed by atoms with E-state index in [-0.39, 0.29) is 11.8 Å². The summed E-state index contributed by atoms with van der Waals surface area (Å²) in [5.74, 6) is -1.02. The topological polar surface area (TPSA) is 63.2 Å². The zero-order chi connectivity index (χ0) is 15.3. The first kappa shape index (κ1) is 16.3. The molecule has 1 saturated carbocycles. The van der Waals surface area contributed by atoms with Crippen LogP contribution in [0.5, 0.6) is 0 Å². The summed E-state index contributed by atoms with van der Waals surface area (Å²) in [7, 11) is -3.47. The van der Waals surface area contributed by atoms with Gasteiger partial charge in [0.25, 0.3) is 0 Å². The number of carbonyl (C=O) groups excluding carboxylic acids is 1. The summed E-state index contributed by atoms with van der Waals surface area (Å²) in [4.78, 5) is 11.9. The van der Waals surface area contributed by atoms with Crippen molar-refractivity contribution < 1.29 is 13.2 Å². The highest BCUT2D eigenvalue weighted by atomic mass is 35.5. The van der Waals surface area contributed by atoms with E-state index in [1.807, 2.05) is 0 Å². The quantitative estimate of drug-likeness (QED) is 0.903. The van der Waals surface area contributed by atoms with Gasteiger partial charge < -0.3 is 5.32 Å². The zero-order valence-corrected chi connectivity index (χ0v) is 13.4. The average Bonchev–Trinajstić information content (AvgIpc) is 2.38. The molecule has 4 nitrogen and oxygen atoms in total. The van der Waals surface area contributed by atoms with Crippen LogP contribution in [-0.2, 0) is 20.4 Å². The van der Waals surface area contributed by atoms with E-state index in [9.17, 15) is 13.2 Å². The third-order valence-corrected chi connectivity index (χ3v) is 5.31. The van der Waals surface area contributed by atoms with Crippen LogP contribution in [0.3, 0.4) is 0 Å². The van der Waals surface area contributed by atoms with Crippen molar-refractivity contribution in [3.8, 4) is 0 Å². The number of nitrogens with one attached hydrogen (secondary N) is 1. The van der Waals surface area contributed by atoms with E-state index in [0.29, 0.717) is 10.6 Å². The van der Waals surface area contributed by atoms with Crippen LogP contribution in [0.2, 0.25) is 5.02 Å². The molecule has 1 amide bonds. The van der Waals surface area contributed by atoms with E-state index in [2.05, 4.69) is 5.32 Å². The third kappa shape index (κ3) is 5.67. The fourth-order valence-corrected chi connectivity index (χ4v) is 4.13. The maximum Gasteiger partial charge on any atom is 0.235 e. The monoisotopic (exact) mass is 329 g/mol. The lowest BCUT2D eigenvalue weighted by Crippen LogP contribution is -2.39. The molecular weight excluding hydrogens is 310 g/mol. The molecule has 0 unspecified atom stereocenters. The molecule has 1 aromatic carbocycles. The molecule has 1 N–H and O–H groups in total. The van der Waals surface area contributed by atoms with Crippen LogP contribution < -0.4 is 5.32 Å². The van der Waals surface area contributed by atoms with Gasteiger partial charge in [0.2, 0.25) is 5.91 Å². The highest BCUT2D eigenvalue weighted by Crippen LogP contribution is 2.17.